The van der Waals surface area contributed by atoms with Gasteiger partial charge in [-0.3, -0.25) is 4.57 Å². The second-order valence-corrected chi connectivity index (χ2v) is 8.47. The minimum Gasteiger partial charge on any atom is -0.296 e. The summed E-state index contributed by atoms with van der Waals surface area (Å²) in [5.74, 6) is 0. The molecule has 4 heteroatoms. The number of benzene rings is 3. The van der Waals surface area contributed by atoms with E-state index in [2.05, 4.69) is 11.2 Å². The molecule has 0 heterocycles. The Morgan fingerprint density at radius 1 is 0.800 bits per heavy atom. The minimum absolute atomic E-state index is 0.679. The van der Waals surface area contributed by atoms with E-state index in [1.807, 2.05) is 91.0 Å². The van der Waals surface area contributed by atoms with Crippen molar-refractivity contribution >= 4 is 17.9 Å². The maximum absolute atomic E-state index is 14.1. The van der Waals surface area contributed by atoms with Crippen LogP contribution in [0.4, 0.5) is 0 Å². The monoisotopic (exact) mass is 346 g/mol. The van der Waals surface area contributed by atoms with Gasteiger partial charge in [-0.15, -0.1) is 0 Å². The molecule has 3 aromatic rings. The first-order valence-corrected chi connectivity index (χ1v) is 9.77. The molecule has 0 radical (unpaired) electrons. The number of nitrogens with zero attached hydrogens (tertiary/aromatic N) is 1. The van der Waals surface area contributed by atoms with E-state index < -0.39 is 12.8 Å². The van der Waals surface area contributed by atoms with E-state index in [0.29, 0.717) is 10.6 Å². The minimum atomic E-state index is -3.20. The fourth-order valence-corrected chi connectivity index (χ4v) is 5.34. The Bertz CT molecular complexity index is 877. The Kier molecular flexibility index (Phi) is 4.86. The molecule has 0 fully saturated rings. The summed E-state index contributed by atoms with van der Waals surface area (Å²) < 4.78 is 14.1. The number of hydrogen-bond acceptors (Lipinski definition) is 2. The second kappa shape index (κ2) is 7.07. The Balaban J connectivity index is 2.14. The van der Waals surface area contributed by atoms with Crippen molar-refractivity contribution in [3.63, 3.8) is 0 Å². The predicted molar refractivity (Wildman–Crippen MR) is 102 cm³/mol. The predicted octanol–water partition coefficient (Wildman–Crippen LogP) is 3.94. The summed E-state index contributed by atoms with van der Waals surface area (Å²) in [6.07, 6.45) is 0. The first-order valence-electron chi connectivity index (χ1n) is 8.06. The average molecular weight is 346 g/mol. The Morgan fingerprint density at radius 2 is 1.20 bits per heavy atom. The summed E-state index contributed by atoms with van der Waals surface area (Å²) in [4.78, 5) is 0. The van der Waals surface area contributed by atoms with Gasteiger partial charge in [-0.05, 0) is 36.8 Å². The SMILES string of the molecule is C[C@](C#N)(NP(=O)(c1ccccc1)c1ccccc1)c1ccccc1. The Hall–Kier alpha value is -2.66. The van der Waals surface area contributed by atoms with Gasteiger partial charge >= 0.3 is 0 Å². The molecule has 3 nitrogen and oxygen atoms in total. The maximum Gasteiger partial charge on any atom is 0.206 e. The lowest BCUT2D eigenvalue weighted by Crippen LogP contribution is -2.41. The highest BCUT2D eigenvalue weighted by molar-refractivity contribution is 7.77. The van der Waals surface area contributed by atoms with E-state index in [9.17, 15) is 9.83 Å². The fraction of sp³-hybridized carbons (Fsp3) is 0.0952. The molecule has 0 saturated heterocycles. The standard InChI is InChI=1S/C21H19N2OP/c1-21(17-22,18-11-5-2-6-12-18)23-25(24,19-13-7-3-8-14-19)20-15-9-4-10-16-20/h2-16H,1H3,(H,23,24)/t21-/m1/s1. The highest BCUT2D eigenvalue weighted by Crippen LogP contribution is 2.43. The lowest BCUT2D eigenvalue weighted by Gasteiger charge is -2.30. The van der Waals surface area contributed by atoms with Crippen molar-refractivity contribution in [3.05, 3.63) is 96.6 Å². The molecule has 0 aliphatic heterocycles. The Morgan fingerprint density at radius 3 is 1.60 bits per heavy atom. The van der Waals surface area contributed by atoms with Gasteiger partial charge in [0.25, 0.3) is 0 Å². The third kappa shape index (κ3) is 3.42. The third-order valence-electron chi connectivity index (χ3n) is 4.20. The van der Waals surface area contributed by atoms with E-state index in [1.54, 1.807) is 6.92 Å². The molecule has 1 N–H and O–H groups in total. The second-order valence-electron chi connectivity index (χ2n) is 6.00. The van der Waals surface area contributed by atoms with E-state index in [-0.39, 0.29) is 0 Å². The topological polar surface area (TPSA) is 52.9 Å². The normalized spacial score (nSPS) is 13.6. The van der Waals surface area contributed by atoms with Gasteiger partial charge in [0.05, 0.1) is 6.07 Å². The van der Waals surface area contributed by atoms with E-state index in [4.69, 9.17) is 0 Å². The molecule has 25 heavy (non-hydrogen) atoms. The van der Waals surface area contributed by atoms with Crippen LogP contribution < -0.4 is 15.7 Å². The lowest BCUT2D eigenvalue weighted by molar-refractivity contribution is 0.532. The van der Waals surface area contributed by atoms with Crippen LogP contribution in [0.1, 0.15) is 12.5 Å². The third-order valence-corrected chi connectivity index (χ3v) is 7.01. The summed E-state index contributed by atoms with van der Waals surface area (Å²) in [6.45, 7) is 1.76. The molecule has 0 aliphatic rings. The molecular weight excluding hydrogens is 327 g/mol. The van der Waals surface area contributed by atoms with Crippen LogP contribution in [0.25, 0.3) is 0 Å². The molecule has 0 aromatic heterocycles. The average Bonchev–Trinajstić information content (AvgIpc) is 2.70. The number of nitriles is 1. The van der Waals surface area contributed by atoms with Gasteiger partial charge in [0.15, 0.2) is 0 Å². The van der Waals surface area contributed by atoms with Crippen LogP contribution in [0.15, 0.2) is 91.0 Å². The van der Waals surface area contributed by atoms with Crippen LogP contribution in [0.3, 0.4) is 0 Å². The zero-order valence-corrected chi connectivity index (χ0v) is 14.9. The van der Waals surface area contributed by atoms with Gasteiger partial charge in [-0.2, -0.15) is 5.26 Å². The van der Waals surface area contributed by atoms with E-state index in [1.165, 1.54) is 0 Å². The molecule has 3 aromatic carbocycles. The van der Waals surface area contributed by atoms with Gasteiger partial charge in [-0.1, -0.05) is 66.7 Å². The summed E-state index contributed by atoms with van der Waals surface area (Å²) in [6, 6.07) is 30.3. The van der Waals surface area contributed by atoms with Crippen LogP contribution in [0.5, 0.6) is 0 Å². The van der Waals surface area contributed by atoms with Crippen molar-refractivity contribution < 1.29 is 4.57 Å². The van der Waals surface area contributed by atoms with Crippen molar-refractivity contribution in [1.29, 1.82) is 5.26 Å². The molecular formula is C21H19N2OP. The molecule has 1 atom stereocenters. The highest BCUT2D eigenvalue weighted by atomic mass is 31.2. The smallest absolute Gasteiger partial charge is 0.206 e. The van der Waals surface area contributed by atoms with E-state index in [0.717, 1.165) is 5.56 Å². The van der Waals surface area contributed by atoms with Crippen molar-refractivity contribution in [3.8, 4) is 6.07 Å². The molecule has 124 valence electrons. The van der Waals surface area contributed by atoms with Crippen molar-refractivity contribution in [2.75, 3.05) is 0 Å². The first kappa shape index (κ1) is 17.2. The summed E-state index contributed by atoms with van der Waals surface area (Å²) in [5.41, 5.74) is -0.299. The van der Waals surface area contributed by atoms with Gasteiger partial charge < -0.3 is 0 Å². The molecule has 0 aliphatic carbocycles. The highest BCUT2D eigenvalue weighted by Gasteiger charge is 2.37. The van der Waals surface area contributed by atoms with Gasteiger partial charge in [0, 0.05) is 10.6 Å². The lowest BCUT2D eigenvalue weighted by atomic mass is 9.95. The number of hydrogen-bond donors (Lipinski definition) is 1. The molecule has 3 rings (SSSR count). The molecule has 0 unspecified atom stereocenters. The largest absolute Gasteiger partial charge is 0.296 e. The van der Waals surface area contributed by atoms with Crippen molar-refractivity contribution in [2.24, 2.45) is 0 Å². The van der Waals surface area contributed by atoms with Gasteiger partial charge in [0.1, 0.15) is 5.54 Å². The molecule has 0 spiro atoms. The van der Waals surface area contributed by atoms with Gasteiger partial charge in [-0.25, -0.2) is 5.09 Å². The van der Waals surface area contributed by atoms with Crippen LogP contribution in [0, 0.1) is 11.3 Å². The number of rotatable bonds is 5. The van der Waals surface area contributed by atoms with Crippen LogP contribution in [-0.2, 0) is 10.1 Å². The fourth-order valence-electron chi connectivity index (χ4n) is 2.79. The molecule has 0 amide bonds. The van der Waals surface area contributed by atoms with Crippen LogP contribution >= 0.6 is 7.29 Å². The van der Waals surface area contributed by atoms with Crippen LogP contribution in [-0.4, -0.2) is 0 Å². The maximum atomic E-state index is 14.1. The quantitative estimate of drug-likeness (QED) is 0.712. The number of nitrogens with one attached hydrogen (secondary N) is 1. The Labute approximate surface area is 148 Å². The summed E-state index contributed by atoms with van der Waals surface area (Å²) >= 11 is 0. The van der Waals surface area contributed by atoms with E-state index >= 15 is 0 Å². The van der Waals surface area contributed by atoms with Crippen LogP contribution in [0.2, 0.25) is 0 Å². The summed E-state index contributed by atoms with van der Waals surface area (Å²) in [5, 5.41) is 14.4. The zero-order valence-electron chi connectivity index (χ0n) is 14.0. The van der Waals surface area contributed by atoms with Crippen molar-refractivity contribution in [2.45, 2.75) is 12.5 Å². The summed E-state index contributed by atoms with van der Waals surface area (Å²) in [7, 11) is -3.20. The molecule has 0 bridgehead atoms. The van der Waals surface area contributed by atoms with Gasteiger partial charge in [0.2, 0.25) is 7.29 Å². The first-order chi connectivity index (χ1) is 12.1. The zero-order chi connectivity index (χ0) is 17.8. The van der Waals surface area contributed by atoms with Crippen molar-refractivity contribution in [1.82, 2.24) is 5.09 Å². The molecule has 0 saturated carbocycles.